The zero-order valence-electron chi connectivity index (χ0n) is 16.7. The normalized spacial score (nSPS) is 15.1. The molecule has 28 heavy (non-hydrogen) atoms. The fraction of sp³-hybridized carbons (Fsp3) is 0.524. The predicted octanol–water partition coefficient (Wildman–Crippen LogP) is 4.03. The minimum absolute atomic E-state index is 0.0135. The van der Waals surface area contributed by atoms with Crippen molar-refractivity contribution in [2.45, 2.75) is 49.8 Å². The van der Waals surface area contributed by atoms with Gasteiger partial charge in [0.05, 0.1) is 18.6 Å². The highest BCUT2D eigenvalue weighted by Gasteiger charge is 2.19. The standard InChI is InChI=1S/C21H30N2O4S/c1-3-5-6-9-14-27-21(25)16-23(15-20(24)26-4-2)13-12-19-22-17-10-7-8-11-18(17)28-19/h7-8,10-13,19,22H,3-6,9,14-16H2,1-2H3. The molecule has 0 aliphatic carbocycles. The molecule has 1 unspecified atom stereocenters. The van der Waals surface area contributed by atoms with Crippen molar-refractivity contribution in [3.8, 4) is 0 Å². The number of benzene rings is 1. The lowest BCUT2D eigenvalue weighted by Gasteiger charge is -2.19. The van der Waals surface area contributed by atoms with Crippen LogP contribution < -0.4 is 5.32 Å². The van der Waals surface area contributed by atoms with Gasteiger partial charge in [-0.25, -0.2) is 0 Å². The van der Waals surface area contributed by atoms with E-state index in [1.165, 1.54) is 4.90 Å². The fourth-order valence-electron chi connectivity index (χ4n) is 2.76. The van der Waals surface area contributed by atoms with Crippen LogP contribution in [0.15, 0.2) is 41.4 Å². The van der Waals surface area contributed by atoms with Gasteiger partial charge in [-0.1, -0.05) is 50.1 Å². The van der Waals surface area contributed by atoms with Crippen molar-refractivity contribution in [3.05, 3.63) is 36.5 Å². The molecule has 2 rings (SSSR count). The molecule has 154 valence electrons. The Morgan fingerprint density at radius 1 is 1.11 bits per heavy atom. The number of esters is 2. The van der Waals surface area contributed by atoms with Crippen LogP contribution in [0.1, 0.15) is 39.5 Å². The van der Waals surface area contributed by atoms with Crippen LogP contribution in [0.25, 0.3) is 0 Å². The second-order valence-corrected chi connectivity index (χ2v) is 7.70. The molecule has 1 N–H and O–H groups in total. The second kappa shape index (κ2) is 12.3. The summed E-state index contributed by atoms with van der Waals surface area (Å²) in [6.07, 6.45) is 7.92. The van der Waals surface area contributed by atoms with Crippen LogP contribution in [-0.4, -0.2) is 48.5 Å². The van der Waals surface area contributed by atoms with Crippen LogP contribution in [0.3, 0.4) is 0 Å². The van der Waals surface area contributed by atoms with E-state index in [1.807, 2.05) is 24.3 Å². The summed E-state index contributed by atoms with van der Waals surface area (Å²) in [4.78, 5) is 26.8. The molecule has 0 aromatic heterocycles. The number of nitrogens with one attached hydrogen (secondary N) is 1. The maximum Gasteiger partial charge on any atom is 0.325 e. The molecule has 0 fully saturated rings. The van der Waals surface area contributed by atoms with Crippen molar-refractivity contribution in [1.82, 2.24) is 4.90 Å². The summed E-state index contributed by atoms with van der Waals surface area (Å²) in [6, 6.07) is 8.08. The van der Waals surface area contributed by atoms with Gasteiger partial charge in [0, 0.05) is 10.6 Å². The minimum atomic E-state index is -0.363. The van der Waals surface area contributed by atoms with Crippen molar-refractivity contribution in [2.75, 3.05) is 31.6 Å². The third kappa shape index (κ3) is 7.84. The Morgan fingerprint density at radius 3 is 2.57 bits per heavy atom. The summed E-state index contributed by atoms with van der Waals surface area (Å²) < 4.78 is 10.3. The molecule has 0 spiro atoms. The molecular weight excluding hydrogens is 376 g/mol. The van der Waals surface area contributed by atoms with Gasteiger partial charge in [0.15, 0.2) is 0 Å². The maximum absolute atomic E-state index is 12.1. The molecule has 7 heteroatoms. The van der Waals surface area contributed by atoms with Crippen molar-refractivity contribution >= 4 is 29.4 Å². The fourth-order valence-corrected chi connectivity index (χ4v) is 3.77. The monoisotopic (exact) mass is 406 g/mol. The number of thioether (sulfide) groups is 1. The molecular formula is C21H30N2O4S. The van der Waals surface area contributed by atoms with Gasteiger partial charge in [0.25, 0.3) is 0 Å². The van der Waals surface area contributed by atoms with Crippen LogP contribution in [0.2, 0.25) is 0 Å². The second-order valence-electron chi connectivity index (χ2n) is 6.51. The highest BCUT2D eigenvalue weighted by atomic mass is 32.2. The molecule has 1 aliphatic heterocycles. The van der Waals surface area contributed by atoms with Crippen molar-refractivity contribution < 1.29 is 19.1 Å². The molecule has 1 aromatic carbocycles. The topological polar surface area (TPSA) is 67.9 Å². The number of rotatable bonds is 12. The molecule has 0 saturated carbocycles. The van der Waals surface area contributed by atoms with Gasteiger partial charge < -0.3 is 19.7 Å². The van der Waals surface area contributed by atoms with E-state index in [0.29, 0.717) is 13.2 Å². The SMILES string of the molecule is CCCCCCOC(=O)CN(C=CC1Nc2ccccc2S1)CC(=O)OCC. The first-order valence-electron chi connectivity index (χ1n) is 9.88. The smallest absolute Gasteiger partial charge is 0.325 e. The first-order chi connectivity index (χ1) is 13.6. The van der Waals surface area contributed by atoms with E-state index in [0.717, 1.165) is 31.4 Å². The third-order valence-electron chi connectivity index (χ3n) is 4.14. The number of ether oxygens (including phenoxy) is 2. The average Bonchev–Trinajstić information content (AvgIpc) is 3.09. The summed E-state index contributed by atoms with van der Waals surface area (Å²) in [6.45, 7) is 4.67. The van der Waals surface area contributed by atoms with E-state index in [4.69, 9.17) is 9.47 Å². The first-order valence-corrected chi connectivity index (χ1v) is 10.8. The zero-order chi connectivity index (χ0) is 20.2. The van der Waals surface area contributed by atoms with Gasteiger partial charge in [0.2, 0.25) is 0 Å². The molecule has 0 saturated heterocycles. The lowest BCUT2D eigenvalue weighted by Crippen LogP contribution is -2.32. The number of anilines is 1. The summed E-state index contributed by atoms with van der Waals surface area (Å²) in [5.41, 5.74) is 1.09. The van der Waals surface area contributed by atoms with E-state index in [2.05, 4.69) is 18.3 Å². The maximum atomic E-state index is 12.1. The molecule has 1 aromatic rings. The number of hydrogen-bond acceptors (Lipinski definition) is 7. The lowest BCUT2D eigenvalue weighted by atomic mass is 10.2. The van der Waals surface area contributed by atoms with Gasteiger partial charge in [-0.15, -0.1) is 0 Å². The Labute approximate surface area is 171 Å². The number of carbonyl (C=O) groups excluding carboxylic acids is 2. The van der Waals surface area contributed by atoms with Crippen LogP contribution in [-0.2, 0) is 19.1 Å². The highest BCUT2D eigenvalue weighted by Crippen LogP contribution is 2.38. The van der Waals surface area contributed by atoms with Gasteiger partial charge in [-0.3, -0.25) is 9.59 Å². The largest absolute Gasteiger partial charge is 0.465 e. The Balaban J connectivity index is 1.86. The quantitative estimate of drug-likeness (QED) is 0.415. The van der Waals surface area contributed by atoms with Crippen LogP contribution in [0.4, 0.5) is 5.69 Å². The summed E-state index contributed by atoms with van der Waals surface area (Å²) in [7, 11) is 0. The van der Waals surface area contributed by atoms with Crippen molar-refractivity contribution in [3.63, 3.8) is 0 Å². The molecule has 0 amide bonds. The van der Waals surface area contributed by atoms with Gasteiger partial charge in [-0.2, -0.15) is 0 Å². The number of nitrogens with zero attached hydrogens (tertiary/aromatic N) is 1. The van der Waals surface area contributed by atoms with Crippen molar-refractivity contribution in [2.24, 2.45) is 0 Å². The van der Waals surface area contributed by atoms with Crippen LogP contribution >= 0.6 is 11.8 Å². The number of unbranched alkanes of at least 4 members (excludes halogenated alkanes) is 3. The summed E-state index contributed by atoms with van der Waals surface area (Å²) in [5, 5.41) is 3.44. The Hall–Kier alpha value is -2.15. The minimum Gasteiger partial charge on any atom is -0.465 e. The summed E-state index contributed by atoms with van der Waals surface area (Å²) >= 11 is 1.69. The molecule has 0 bridgehead atoms. The van der Waals surface area contributed by atoms with E-state index in [1.54, 1.807) is 29.8 Å². The summed E-state index contributed by atoms with van der Waals surface area (Å²) in [5.74, 6) is -0.695. The lowest BCUT2D eigenvalue weighted by molar-refractivity contribution is -0.147. The Morgan fingerprint density at radius 2 is 1.86 bits per heavy atom. The molecule has 6 nitrogen and oxygen atoms in total. The molecule has 0 radical (unpaired) electrons. The van der Waals surface area contributed by atoms with Gasteiger partial charge in [-0.05, 0) is 37.8 Å². The van der Waals surface area contributed by atoms with Crippen molar-refractivity contribution in [1.29, 1.82) is 0 Å². The number of carbonyl (C=O) groups is 2. The highest BCUT2D eigenvalue weighted by molar-refractivity contribution is 8.00. The number of fused-ring (bicyclic) bond motifs is 1. The first kappa shape index (κ1) is 22.1. The van der Waals surface area contributed by atoms with E-state index in [9.17, 15) is 9.59 Å². The molecule has 1 atom stereocenters. The van der Waals surface area contributed by atoms with Crippen LogP contribution in [0.5, 0.6) is 0 Å². The van der Waals surface area contributed by atoms with E-state index >= 15 is 0 Å². The average molecular weight is 407 g/mol. The van der Waals surface area contributed by atoms with Gasteiger partial charge >= 0.3 is 11.9 Å². The molecule has 1 aliphatic rings. The van der Waals surface area contributed by atoms with Gasteiger partial charge in [0.1, 0.15) is 13.1 Å². The third-order valence-corrected chi connectivity index (χ3v) is 5.28. The molecule has 1 heterocycles. The Kier molecular flexibility index (Phi) is 9.76. The zero-order valence-corrected chi connectivity index (χ0v) is 17.5. The van der Waals surface area contributed by atoms with E-state index < -0.39 is 0 Å². The predicted molar refractivity (Wildman–Crippen MR) is 112 cm³/mol. The Bertz CT molecular complexity index is 641. The number of hydrogen-bond donors (Lipinski definition) is 1. The van der Waals surface area contributed by atoms with Crippen LogP contribution in [0, 0.1) is 0 Å². The number of para-hydroxylation sites is 1. The van der Waals surface area contributed by atoms with E-state index in [-0.39, 0.29) is 30.4 Å².